The summed E-state index contributed by atoms with van der Waals surface area (Å²) in [7, 11) is 0. The first-order chi connectivity index (χ1) is 8.15. The van der Waals surface area contributed by atoms with Crippen LogP contribution in [0.15, 0.2) is 48.5 Å². The summed E-state index contributed by atoms with van der Waals surface area (Å²) in [4.78, 5) is 10.7. The molecule has 0 bridgehead atoms. The Labute approximate surface area is 101 Å². The van der Waals surface area contributed by atoms with Gasteiger partial charge in [0.05, 0.1) is 6.42 Å². The van der Waals surface area contributed by atoms with Gasteiger partial charge in [0, 0.05) is 0 Å². The molecule has 0 saturated carbocycles. The fourth-order valence-electron chi connectivity index (χ4n) is 1.86. The first kappa shape index (κ1) is 11.4. The van der Waals surface area contributed by atoms with Gasteiger partial charge in [-0.15, -0.1) is 0 Å². The third-order valence-corrected chi connectivity index (χ3v) is 2.63. The van der Waals surface area contributed by atoms with Gasteiger partial charge in [-0.05, 0) is 23.6 Å². The van der Waals surface area contributed by atoms with Gasteiger partial charge in [-0.3, -0.25) is 4.79 Å². The van der Waals surface area contributed by atoms with Gasteiger partial charge in [0.1, 0.15) is 0 Å². The zero-order valence-electron chi connectivity index (χ0n) is 9.68. The van der Waals surface area contributed by atoms with E-state index in [1.165, 1.54) is 5.56 Å². The van der Waals surface area contributed by atoms with Crippen molar-refractivity contribution < 1.29 is 9.90 Å². The molecule has 0 aliphatic rings. The van der Waals surface area contributed by atoms with E-state index in [-0.39, 0.29) is 6.42 Å². The highest BCUT2D eigenvalue weighted by atomic mass is 16.4. The second-order valence-corrected chi connectivity index (χ2v) is 4.14. The molecule has 0 saturated heterocycles. The van der Waals surface area contributed by atoms with Crippen molar-refractivity contribution in [2.75, 3.05) is 0 Å². The van der Waals surface area contributed by atoms with Gasteiger partial charge < -0.3 is 5.11 Å². The predicted molar refractivity (Wildman–Crippen MR) is 68.0 cm³/mol. The summed E-state index contributed by atoms with van der Waals surface area (Å²) in [6, 6.07) is 15.9. The number of carbonyl (C=O) groups is 1. The van der Waals surface area contributed by atoms with E-state index in [0.717, 1.165) is 16.7 Å². The first-order valence-corrected chi connectivity index (χ1v) is 5.53. The highest BCUT2D eigenvalue weighted by Crippen LogP contribution is 2.21. The molecule has 0 fully saturated rings. The van der Waals surface area contributed by atoms with E-state index < -0.39 is 5.97 Å². The van der Waals surface area contributed by atoms with Crippen LogP contribution in [0.2, 0.25) is 0 Å². The van der Waals surface area contributed by atoms with Crippen LogP contribution in [0.4, 0.5) is 0 Å². The van der Waals surface area contributed by atoms with Crippen LogP contribution in [-0.2, 0) is 11.2 Å². The Hall–Kier alpha value is -2.09. The molecule has 0 radical (unpaired) electrons. The molecule has 0 aromatic heterocycles. The third kappa shape index (κ3) is 2.94. The summed E-state index contributed by atoms with van der Waals surface area (Å²) in [6.45, 7) is 2.05. The molecule has 1 N–H and O–H groups in total. The molecular formula is C15H14O2. The molecule has 17 heavy (non-hydrogen) atoms. The van der Waals surface area contributed by atoms with Crippen molar-refractivity contribution in [3.8, 4) is 11.1 Å². The first-order valence-electron chi connectivity index (χ1n) is 5.53. The van der Waals surface area contributed by atoms with Gasteiger partial charge in [-0.25, -0.2) is 0 Å². The van der Waals surface area contributed by atoms with Gasteiger partial charge in [-0.2, -0.15) is 0 Å². The molecule has 2 heteroatoms. The van der Waals surface area contributed by atoms with Gasteiger partial charge in [-0.1, -0.05) is 54.1 Å². The molecule has 0 heterocycles. The fourth-order valence-corrected chi connectivity index (χ4v) is 1.86. The molecule has 0 aliphatic carbocycles. The molecule has 2 aromatic carbocycles. The summed E-state index contributed by atoms with van der Waals surface area (Å²) in [5.41, 5.74) is 4.22. The number of carboxylic acids is 1. The minimum atomic E-state index is -0.800. The van der Waals surface area contributed by atoms with Crippen molar-refractivity contribution in [2.45, 2.75) is 13.3 Å². The lowest BCUT2D eigenvalue weighted by atomic mass is 10.0. The van der Waals surface area contributed by atoms with E-state index in [0.29, 0.717) is 0 Å². The summed E-state index contributed by atoms with van der Waals surface area (Å²) < 4.78 is 0. The topological polar surface area (TPSA) is 37.3 Å². The van der Waals surface area contributed by atoms with E-state index in [4.69, 9.17) is 5.11 Å². The number of aryl methyl sites for hydroxylation is 1. The number of hydrogen-bond acceptors (Lipinski definition) is 1. The second-order valence-electron chi connectivity index (χ2n) is 4.14. The zero-order valence-corrected chi connectivity index (χ0v) is 9.68. The Morgan fingerprint density at radius 1 is 1.06 bits per heavy atom. The molecule has 0 unspecified atom stereocenters. The van der Waals surface area contributed by atoms with Crippen LogP contribution in [0.3, 0.4) is 0 Å². The van der Waals surface area contributed by atoms with Crippen molar-refractivity contribution in [2.24, 2.45) is 0 Å². The van der Waals surface area contributed by atoms with Crippen molar-refractivity contribution in [1.82, 2.24) is 0 Å². The highest BCUT2D eigenvalue weighted by Gasteiger charge is 2.03. The molecule has 2 aromatic rings. The van der Waals surface area contributed by atoms with Crippen LogP contribution in [0, 0.1) is 6.92 Å². The number of carboxylic acid groups (broad SMARTS) is 1. The normalized spacial score (nSPS) is 10.2. The molecule has 0 aliphatic heterocycles. The van der Waals surface area contributed by atoms with E-state index in [2.05, 4.69) is 6.07 Å². The lowest BCUT2D eigenvalue weighted by Crippen LogP contribution is -1.99. The van der Waals surface area contributed by atoms with Crippen molar-refractivity contribution in [3.05, 3.63) is 59.7 Å². The van der Waals surface area contributed by atoms with Crippen molar-refractivity contribution in [1.29, 1.82) is 0 Å². The molecule has 2 rings (SSSR count). The molecule has 2 nitrogen and oxygen atoms in total. The van der Waals surface area contributed by atoms with Crippen LogP contribution >= 0.6 is 0 Å². The molecule has 0 amide bonds. The Balaban J connectivity index is 2.36. The predicted octanol–water partition coefficient (Wildman–Crippen LogP) is 3.29. The van der Waals surface area contributed by atoms with Crippen LogP contribution < -0.4 is 0 Å². The van der Waals surface area contributed by atoms with Gasteiger partial charge in [0.25, 0.3) is 0 Å². The summed E-state index contributed by atoms with van der Waals surface area (Å²) in [5.74, 6) is -0.800. The van der Waals surface area contributed by atoms with Gasteiger partial charge in [0.2, 0.25) is 0 Å². The second kappa shape index (κ2) is 4.83. The highest BCUT2D eigenvalue weighted by molar-refractivity contribution is 5.72. The van der Waals surface area contributed by atoms with Gasteiger partial charge >= 0.3 is 5.97 Å². The average Bonchev–Trinajstić information content (AvgIpc) is 2.28. The minimum absolute atomic E-state index is 0.0691. The standard InChI is InChI=1S/C15H14O2/c1-11-4-2-6-13(8-11)14-7-3-5-12(9-14)10-15(16)17/h2-9H,10H2,1H3,(H,16,17). The maximum atomic E-state index is 10.7. The van der Waals surface area contributed by atoms with E-state index in [1.807, 2.05) is 49.4 Å². The SMILES string of the molecule is Cc1cccc(-c2cccc(CC(=O)O)c2)c1. The molecular weight excluding hydrogens is 212 g/mol. The third-order valence-electron chi connectivity index (χ3n) is 2.63. The summed E-state index contributed by atoms with van der Waals surface area (Å²) >= 11 is 0. The zero-order chi connectivity index (χ0) is 12.3. The lowest BCUT2D eigenvalue weighted by molar-refractivity contribution is -0.136. The van der Waals surface area contributed by atoms with Crippen LogP contribution in [-0.4, -0.2) is 11.1 Å². The van der Waals surface area contributed by atoms with Crippen molar-refractivity contribution >= 4 is 5.97 Å². The molecule has 86 valence electrons. The number of hydrogen-bond donors (Lipinski definition) is 1. The Morgan fingerprint density at radius 2 is 1.71 bits per heavy atom. The lowest BCUT2D eigenvalue weighted by Gasteiger charge is -2.05. The van der Waals surface area contributed by atoms with E-state index >= 15 is 0 Å². The minimum Gasteiger partial charge on any atom is -0.481 e. The average molecular weight is 226 g/mol. The van der Waals surface area contributed by atoms with Crippen LogP contribution in [0.5, 0.6) is 0 Å². The largest absolute Gasteiger partial charge is 0.481 e. The number of benzene rings is 2. The fraction of sp³-hybridized carbons (Fsp3) is 0.133. The summed E-state index contributed by atoms with van der Waals surface area (Å²) in [5, 5.41) is 8.77. The van der Waals surface area contributed by atoms with E-state index in [1.54, 1.807) is 0 Å². The van der Waals surface area contributed by atoms with Gasteiger partial charge in [0.15, 0.2) is 0 Å². The van der Waals surface area contributed by atoms with E-state index in [9.17, 15) is 4.79 Å². The monoisotopic (exact) mass is 226 g/mol. The Bertz CT molecular complexity index is 544. The quantitative estimate of drug-likeness (QED) is 0.872. The Kier molecular flexibility index (Phi) is 3.24. The van der Waals surface area contributed by atoms with Crippen molar-refractivity contribution in [3.63, 3.8) is 0 Å². The number of rotatable bonds is 3. The number of aliphatic carboxylic acids is 1. The van der Waals surface area contributed by atoms with Crippen LogP contribution in [0.25, 0.3) is 11.1 Å². The molecule has 0 spiro atoms. The maximum absolute atomic E-state index is 10.7. The maximum Gasteiger partial charge on any atom is 0.307 e. The summed E-state index contributed by atoms with van der Waals surface area (Å²) in [6.07, 6.45) is 0.0691. The Morgan fingerprint density at radius 3 is 2.35 bits per heavy atom. The van der Waals surface area contributed by atoms with Crippen LogP contribution in [0.1, 0.15) is 11.1 Å². The molecule has 0 atom stereocenters. The smallest absolute Gasteiger partial charge is 0.307 e.